The number of carboxylic acids is 1. The van der Waals surface area contributed by atoms with Gasteiger partial charge in [-0.15, -0.1) is 0 Å². The Morgan fingerprint density at radius 1 is 1.41 bits per heavy atom. The maximum Gasteiger partial charge on any atom is 0.308 e. The van der Waals surface area contributed by atoms with E-state index in [0.29, 0.717) is 0 Å². The van der Waals surface area contributed by atoms with Gasteiger partial charge in [0.15, 0.2) is 15.7 Å². The number of carboxylic acid groups (broad SMARTS) is 1. The number of carbonyl (C=O) groups is 2. The van der Waals surface area contributed by atoms with E-state index in [0.717, 1.165) is 23.3 Å². The minimum Gasteiger partial charge on any atom is -0.481 e. The van der Waals surface area contributed by atoms with Crippen LogP contribution in [0.25, 0.3) is 0 Å². The van der Waals surface area contributed by atoms with E-state index in [4.69, 9.17) is 5.11 Å². The summed E-state index contributed by atoms with van der Waals surface area (Å²) in [5, 5.41) is 8.83. The van der Waals surface area contributed by atoms with Crippen molar-refractivity contribution in [2.75, 3.05) is 19.8 Å². The van der Waals surface area contributed by atoms with Crippen molar-refractivity contribution >= 4 is 37.6 Å². The van der Waals surface area contributed by atoms with Crippen molar-refractivity contribution in [3.05, 3.63) is 28.0 Å². The van der Waals surface area contributed by atoms with Crippen LogP contribution >= 0.6 is 15.9 Å². The van der Waals surface area contributed by atoms with Gasteiger partial charge in [0.2, 0.25) is 0 Å². The summed E-state index contributed by atoms with van der Waals surface area (Å²) in [5.74, 6) is -3.87. The fourth-order valence-corrected chi connectivity index (χ4v) is 3.15. The molecule has 1 aromatic rings. The zero-order valence-electron chi connectivity index (χ0n) is 12.1. The molecule has 0 aliphatic carbocycles. The lowest BCUT2D eigenvalue weighted by atomic mass is 10.1. The number of carbonyl (C=O) groups excluding carboxylic acids is 1. The second-order valence-corrected chi connectivity index (χ2v) is 7.86. The first-order chi connectivity index (χ1) is 9.95. The van der Waals surface area contributed by atoms with E-state index in [-0.39, 0.29) is 11.0 Å². The van der Waals surface area contributed by atoms with Crippen LogP contribution in [-0.2, 0) is 14.6 Å². The number of sulfone groups is 1. The zero-order valence-corrected chi connectivity index (χ0v) is 14.5. The maximum absolute atomic E-state index is 14.3. The lowest BCUT2D eigenvalue weighted by molar-refractivity contribution is -0.141. The third-order valence-corrected chi connectivity index (χ3v) is 4.50. The van der Waals surface area contributed by atoms with Crippen LogP contribution in [-0.4, -0.2) is 50.1 Å². The molecule has 0 fully saturated rings. The Labute approximate surface area is 136 Å². The van der Waals surface area contributed by atoms with Crippen molar-refractivity contribution in [2.24, 2.45) is 5.92 Å². The largest absolute Gasteiger partial charge is 0.481 e. The van der Waals surface area contributed by atoms with Crippen molar-refractivity contribution in [1.82, 2.24) is 4.90 Å². The highest BCUT2D eigenvalue weighted by atomic mass is 79.9. The summed E-state index contributed by atoms with van der Waals surface area (Å²) in [5.41, 5.74) is -0.435. The summed E-state index contributed by atoms with van der Waals surface area (Å²) in [6.45, 7) is 1.28. The molecule has 1 amide bonds. The van der Waals surface area contributed by atoms with Crippen LogP contribution in [0, 0.1) is 11.7 Å². The van der Waals surface area contributed by atoms with Crippen LogP contribution in [0.15, 0.2) is 21.5 Å². The van der Waals surface area contributed by atoms with Gasteiger partial charge in [-0.25, -0.2) is 12.8 Å². The molecule has 0 aliphatic heterocycles. The number of nitrogens with zero attached hydrogens (tertiary/aromatic N) is 1. The first-order valence-electron chi connectivity index (χ1n) is 6.12. The van der Waals surface area contributed by atoms with E-state index >= 15 is 0 Å². The van der Waals surface area contributed by atoms with E-state index in [2.05, 4.69) is 15.9 Å². The molecular weight excluding hydrogens is 381 g/mol. The van der Waals surface area contributed by atoms with Crippen LogP contribution in [0.1, 0.15) is 17.3 Å². The molecule has 1 N–H and O–H groups in total. The number of benzene rings is 1. The average Bonchev–Trinajstić information content (AvgIpc) is 2.38. The molecular formula is C13H15BrFNO5S. The molecule has 22 heavy (non-hydrogen) atoms. The molecule has 0 heterocycles. The normalized spacial score (nSPS) is 12.8. The van der Waals surface area contributed by atoms with Crippen molar-refractivity contribution < 1.29 is 27.5 Å². The van der Waals surface area contributed by atoms with Crippen molar-refractivity contribution in [1.29, 1.82) is 0 Å². The molecule has 1 unspecified atom stereocenters. The summed E-state index contributed by atoms with van der Waals surface area (Å²) < 4.78 is 37.6. The quantitative estimate of drug-likeness (QED) is 0.820. The van der Waals surface area contributed by atoms with Gasteiger partial charge in [-0.3, -0.25) is 9.59 Å². The average molecular weight is 396 g/mol. The molecule has 0 saturated heterocycles. The Kier molecular flexibility index (Phi) is 5.69. The van der Waals surface area contributed by atoms with Crippen LogP contribution < -0.4 is 0 Å². The summed E-state index contributed by atoms with van der Waals surface area (Å²) >= 11 is 3.04. The number of halogens is 2. The van der Waals surface area contributed by atoms with Gasteiger partial charge in [0.05, 0.1) is 11.5 Å². The van der Waals surface area contributed by atoms with E-state index in [1.54, 1.807) is 0 Å². The summed E-state index contributed by atoms with van der Waals surface area (Å²) in [6.07, 6.45) is 0.836. The van der Waals surface area contributed by atoms with Crippen LogP contribution in [0.5, 0.6) is 0 Å². The van der Waals surface area contributed by atoms with Gasteiger partial charge in [0.25, 0.3) is 5.91 Å². The van der Waals surface area contributed by atoms with E-state index in [1.807, 2.05) is 0 Å². The Morgan fingerprint density at radius 2 is 1.95 bits per heavy atom. The van der Waals surface area contributed by atoms with E-state index < -0.39 is 43.9 Å². The third-order valence-electron chi connectivity index (χ3n) is 2.95. The van der Waals surface area contributed by atoms with Crippen LogP contribution in [0.2, 0.25) is 0 Å². The topological polar surface area (TPSA) is 91.8 Å². The fourth-order valence-electron chi connectivity index (χ4n) is 1.77. The number of hydrogen-bond donors (Lipinski definition) is 1. The molecule has 122 valence electrons. The fraction of sp³-hybridized carbons (Fsp3) is 0.385. The molecule has 0 aromatic heterocycles. The molecule has 1 rings (SSSR count). The van der Waals surface area contributed by atoms with Gasteiger partial charge in [0, 0.05) is 24.3 Å². The second-order valence-electron chi connectivity index (χ2n) is 4.96. The molecule has 0 aliphatic rings. The second kappa shape index (κ2) is 6.74. The Bertz CT molecular complexity index is 719. The van der Waals surface area contributed by atoms with Gasteiger partial charge in [0.1, 0.15) is 4.90 Å². The van der Waals surface area contributed by atoms with Crippen LogP contribution in [0.3, 0.4) is 0 Å². The number of aliphatic carboxylic acids is 1. The number of rotatable bonds is 5. The lowest BCUT2D eigenvalue weighted by Crippen LogP contribution is -2.34. The number of hydrogen-bond acceptors (Lipinski definition) is 4. The van der Waals surface area contributed by atoms with Gasteiger partial charge in [-0.1, -0.05) is 22.9 Å². The zero-order chi connectivity index (χ0) is 17.2. The van der Waals surface area contributed by atoms with Crippen LogP contribution in [0.4, 0.5) is 4.39 Å². The first kappa shape index (κ1) is 18.6. The van der Waals surface area contributed by atoms with Gasteiger partial charge in [-0.05, 0) is 12.1 Å². The van der Waals surface area contributed by atoms with E-state index in [1.165, 1.54) is 14.0 Å². The summed E-state index contributed by atoms with van der Waals surface area (Å²) in [7, 11) is -2.52. The molecule has 9 heteroatoms. The van der Waals surface area contributed by atoms with E-state index in [9.17, 15) is 22.4 Å². The van der Waals surface area contributed by atoms with Crippen molar-refractivity contribution in [3.63, 3.8) is 0 Å². The van der Waals surface area contributed by atoms with Crippen molar-refractivity contribution in [3.8, 4) is 0 Å². The molecule has 0 spiro atoms. The highest BCUT2D eigenvalue weighted by Gasteiger charge is 2.25. The molecule has 0 saturated carbocycles. The highest BCUT2D eigenvalue weighted by molar-refractivity contribution is 9.10. The minimum atomic E-state index is -3.84. The van der Waals surface area contributed by atoms with Gasteiger partial charge in [-0.2, -0.15) is 0 Å². The Morgan fingerprint density at radius 3 is 2.41 bits per heavy atom. The molecule has 0 bridgehead atoms. The molecule has 0 radical (unpaired) electrons. The first-order valence-corrected chi connectivity index (χ1v) is 8.81. The minimum absolute atomic E-state index is 0.131. The lowest BCUT2D eigenvalue weighted by Gasteiger charge is -2.20. The highest BCUT2D eigenvalue weighted by Crippen LogP contribution is 2.25. The smallest absolute Gasteiger partial charge is 0.308 e. The van der Waals surface area contributed by atoms with Gasteiger partial charge < -0.3 is 10.0 Å². The third kappa shape index (κ3) is 4.26. The number of amides is 1. The SMILES string of the molecule is CC(CN(C)C(=O)c1cc(Br)cc(S(C)(=O)=O)c1F)C(=O)O. The predicted molar refractivity (Wildman–Crippen MR) is 81.0 cm³/mol. The molecule has 6 nitrogen and oxygen atoms in total. The standard InChI is InChI=1S/C13H15BrFNO5S/c1-7(13(18)19)6-16(2)12(17)9-4-8(14)5-10(11(9)15)22(3,20)21/h4-5,7H,6H2,1-3H3,(H,18,19). The van der Waals surface area contributed by atoms with Gasteiger partial charge >= 0.3 is 5.97 Å². The Balaban J connectivity index is 3.24. The molecule has 1 aromatic carbocycles. The maximum atomic E-state index is 14.3. The van der Waals surface area contributed by atoms with Crippen molar-refractivity contribution in [2.45, 2.75) is 11.8 Å². The Hall–Kier alpha value is -1.48. The summed E-state index contributed by atoms with van der Waals surface area (Å²) in [4.78, 5) is 23.5. The molecule has 1 atom stereocenters. The summed E-state index contributed by atoms with van der Waals surface area (Å²) in [6, 6.07) is 2.23. The predicted octanol–water partition coefficient (Wildman–Crippen LogP) is 1.78. The monoisotopic (exact) mass is 395 g/mol.